The standard InChI is InChI=1S/C17H17NO6S/c1-22-14-4-6-15(7-5-14)23-10-11-24-17(19)12-25-16-8-2-13(3-9-16)18(20)21/h2-9H,10-12H2,1H3. The molecule has 0 spiro atoms. The molecular weight excluding hydrogens is 346 g/mol. The Balaban J connectivity index is 1.64. The van der Waals surface area contributed by atoms with Crippen LogP contribution in [0, 0.1) is 10.1 Å². The number of esters is 1. The molecule has 0 saturated carbocycles. The molecule has 2 aromatic rings. The Hall–Kier alpha value is -2.74. The number of nitro groups is 1. The Morgan fingerprint density at radius 1 is 1.04 bits per heavy atom. The molecule has 0 aliphatic rings. The zero-order valence-corrected chi connectivity index (χ0v) is 14.4. The normalized spacial score (nSPS) is 10.1. The molecule has 25 heavy (non-hydrogen) atoms. The Kier molecular flexibility index (Phi) is 7.09. The minimum absolute atomic E-state index is 0.0163. The molecule has 132 valence electrons. The van der Waals surface area contributed by atoms with Crippen LogP contribution in [0.1, 0.15) is 0 Å². The van der Waals surface area contributed by atoms with Crippen molar-refractivity contribution in [1.82, 2.24) is 0 Å². The second-order valence-electron chi connectivity index (χ2n) is 4.78. The fraction of sp³-hybridized carbons (Fsp3) is 0.235. The second-order valence-corrected chi connectivity index (χ2v) is 5.83. The van der Waals surface area contributed by atoms with Gasteiger partial charge in [-0.15, -0.1) is 11.8 Å². The Morgan fingerprint density at radius 3 is 2.28 bits per heavy atom. The van der Waals surface area contributed by atoms with Crippen LogP contribution in [0.15, 0.2) is 53.4 Å². The molecule has 0 amide bonds. The van der Waals surface area contributed by atoms with Crippen molar-refractivity contribution in [2.45, 2.75) is 4.90 Å². The first kappa shape index (κ1) is 18.6. The maximum atomic E-state index is 11.7. The van der Waals surface area contributed by atoms with E-state index >= 15 is 0 Å². The molecule has 0 aliphatic heterocycles. The lowest BCUT2D eigenvalue weighted by atomic mass is 10.3. The molecule has 7 nitrogen and oxygen atoms in total. The van der Waals surface area contributed by atoms with Crippen molar-refractivity contribution < 1.29 is 23.9 Å². The Morgan fingerprint density at radius 2 is 1.68 bits per heavy atom. The van der Waals surface area contributed by atoms with Crippen LogP contribution in [0.2, 0.25) is 0 Å². The summed E-state index contributed by atoms with van der Waals surface area (Å²) in [5, 5.41) is 10.6. The van der Waals surface area contributed by atoms with Crippen molar-refractivity contribution >= 4 is 23.4 Å². The van der Waals surface area contributed by atoms with Crippen molar-refractivity contribution in [3.63, 3.8) is 0 Å². The SMILES string of the molecule is COc1ccc(OCCOC(=O)CSc2ccc([N+](=O)[O-])cc2)cc1. The predicted molar refractivity (Wildman–Crippen MR) is 93.3 cm³/mol. The number of rotatable bonds is 9. The van der Waals surface area contributed by atoms with Gasteiger partial charge in [0.1, 0.15) is 24.7 Å². The summed E-state index contributed by atoms with van der Waals surface area (Å²) in [6.45, 7) is 0.395. The topological polar surface area (TPSA) is 87.9 Å². The Bertz CT molecular complexity index is 702. The van der Waals surface area contributed by atoms with E-state index in [2.05, 4.69) is 0 Å². The van der Waals surface area contributed by atoms with E-state index in [0.29, 0.717) is 5.75 Å². The number of benzene rings is 2. The summed E-state index contributed by atoms with van der Waals surface area (Å²) in [5.74, 6) is 1.15. The van der Waals surface area contributed by atoms with Crippen LogP contribution in [0.4, 0.5) is 5.69 Å². The van der Waals surface area contributed by atoms with Gasteiger partial charge in [0.05, 0.1) is 17.8 Å². The van der Waals surface area contributed by atoms with Crippen molar-refractivity contribution in [2.24, 2.45) is 0 Å². The summed E-state index contributed by atoms with van der Waals surface area (Å²) in [7, 11) is 1.59. The van der Waals surface area contributed by atoms with Gasteiger partial charge in [0.25, 0.3) is 5.69 Å². The molecule has 0 N–H and O–H groups in total. The highest BCUT2D eigenvalue weighted by molar-refractivity contribution is 8.00. The number of nitro benzene ring substituents is 1. The van der Waals surface area contributed by atoms with E-state index in [1.165, 1.54) is 23.9 Å². The summed E-state index contributed by atoms with van der Waals surface area (Å²) >= 11 is 1.26. The number of thioether (sulfide) groups is 1. The highest BCUT2D eigenvalue weighted by Crippen LogP contribution is 2.21. The third-order valence-corrected chi connectivity index (χ3v) is 4.06. The predicted octanol–water partition coefficient (Wildman–Crippen LogP) is 3.32. The van der Waals surface area contributed by atoms with Gasteiger partial charge in [-0.2, -0.15) is 0 Å². The van der Waals surface area contributed by atoms with Crippen LogP contribution >= 0.6 is 11.8 Å². The van der Waals surface area contributed by atoms with Crippen LogP contribution in [0.25, 0.3) is 0 Å². The number of hydrogen-bond donors (Lipinski definition) is 0. The second kappa shape index (κ2) is 9.53. The molecule has 0 heterocycles. The van der Waals surface area contributed by atoms with Crippen LogP contribution in [0.5, 0.6) is 11.5 Å². The number of nitrogens with zero attached hydrogens (tertiary/aromatic N) is 1. The van der Waals surface area contributed by atoms with E-state index in [1.807, 2.05) is 0 Å². The van der Waals surface area contributed by atoms with Gasteiger partial charge in [-0.05, 0) is 36.4 Å². The molecular formula is C17H17NO6S. The van der Waals surface area contributed by atoms with Gasteiger partial charge in [-0.3, -0.25) is 14.9 Å². The minimum atomic E-state index is -0.467. The summed E-state index contributed by atoms with van der Waals surface area (Å²) < 4.78 is 15.6. The minimum Gasteiger partial charge on any atom is -0.497 e. The van der Waals surface area contributed by atoms with Gasteiger partial charge in [-0.1, -0.05) is 0 Å². The largest absolute Gasteiger partial charge is 0.497 e. The molecule has 0 unspecified atom stereocenters. The van der Waals surface area contributed by atoms with E-state index in [0.717, 1.165) is 10.6 Å². The molecule has 0 aliphatic carbocycles. The number of methoxy groups -OCH3 is 1. The van der Waals surface area contributed by atoms with Crippen molar-refractivity contribution in [1.29, 1.82) is 0 Å². The van der Waals surface area contributed by atoms with Crippen molar-refractivity contribution in [3.8, 4) is 11.5 Å². The highest BCUT2D eigenvalue weighted by atomic mass is 32.2. The average Bonchev–Trinajstić information content (AvgIpc) is 2.64. The van der Waals surface area contributed by atoms with Crippen LogP contribution < -0.4 is 9.47 Å². The average molecular weight is 363 g/mol. The maximum Gasteiger partial charge on any atom is 0.316 e. The lowest BCUT2D eigenvalue weighted by molar-refractivity contribution is -0.384. The molecule has 0 atom stereocenters. The van der Waals surface area contributed by atoms with Crippen molar-refractivity contribution in [3.05, 3.63) is 58.6 Å². The number of hydrogen-bond acceptors (Lipinski definition) is 7. The molecule has 2 rings (SSSR count). The van der Waals surface area contributed by atoms with E-state index < -0.39 is 4.92 Å². The van der Waals surface area contributed by atoms with Crippen molar-refractivity contribution in [2.75, 3.05) is 26.1 Å². The van der Waals surface area contributed by atoms with Crippen LogP contribution in [-0.4, -0.2) is 37.0 Å². The molecule has 2 aromatic carbocycles. The van der Waals surface area contributed by atoms with Gasteiger partial charge in [0.2, 0.25) is 0 Å². The lowest BCUT2D eigenvalue weighted by Crippen LogP contribution is -2.13. The zero-order valence-electron chi connectivity index (χ0n) is 13.5. The number of carbonyl (C=O) groups excluding carboxylic acids is 1. The summed E-state index contributed by atoms with van der Waals surface area (Å²) in [5.41, 5.74) is 0.0163. The summed E-state index contributed by atoms with van der Waals surface area (Å²) in [6.07, 6.45) is 0. The molecule has 0 bridgehead atoms. The smallest absolute Gasteiger partial charge is 0.316 e. The number of carbonyl (C=O) groups is 1. The zero-order chi connectivity index (χ0) is 18.1. The van der Waals surface area contributed by atoms with Gasteiger partial charge in [0.15, 0.2) is 0 Å². The fourth-order valence-electron chi connectivity index (χ4n) is 1.83. The monoisotopic (exact) mass is 363 g/mol. The quantitative estimate of drug-likeness (QED) is 0.222. The lowest BCUT2D eigenvalue weighted by Gasteiger charge is -2.08. The van der Waals surface area contributed by atoms with Crippen LogP contribution in [-0.2, 0) is 9.53 Å². The van der Waals surface area contributed by atoms with Gasteiger partial charge >= 0.3 is 5.97 Å². The molecule has 0 aromatic heterocycles. The fourth-order valence-corrected chi connectivity index (χ4v) is 2.53. The third kappa shape index (κ3) is 6.34. The van der Waals surface area contributed by atoms with Gasteiger partial charge in [-0.25, -0.2) is 0 Å². The van der Waals surface area contributed by atoms with Crippen LogP contribution in [0.3, 0.4) is 0 Å². The Labute approximate surface area is 149 Å². The van der Waals surface area contributed by atoms with Gasteiger partial charge < -0.3 is 14.2 Å². The molecule has 8 heteroatoms. The first-order chi connectivity index (χ1) is 12.1. The number of ether oxygens (including phenoxy) is 3. The first-order valence-electron chi connectivity index (χ1n) is 7.38. The van der Waals surface area contributed by atoms with E-state index in [9.17, 15) is 14.9 Å². The first-order valence-corrected chi connectivity index (χ1v) is 8.37. The number of non-ortho nitro benzene ring substituents is 1. The molecule has 0 radical (unpaired) electrons. The van der Waals surface area contributed by atoms with E-state index in [1.54, 1.807) is 43.5 Å². The molecule has 0 saturated heterocycles. The van der Waals surface area contributed by atoms with E-state index in [4.69, 9.17) is 14.2 Å². The third-order valence-electron chi connectivity index (χ3n) is 3.08. The summed E-state index contributed by atoms with van der Waals surface area (Å²) in [6, 6.07) is 13.1. The van der Waals surface area contributed by atoms with Gasteiger partial charge in [0, 0.05) is 17.0 Å². The highest BCUT2D eigenvalue weighted by Gasteiger charge is 2.07. The summed E-state index contributed by atoms with van der Waals surface area (Å²) in [4.78, 5) is 22.5. The molecule has 0 fully saturated rings. The van der Waals surface area contributed by atoms with E-state index in [-0.39, 0.29) is 30.6 Å². The maximum absolute atomic E-state index is 11.7.